The normalized spacial score (nSPS) is 12.8. The van der Waals surface area contributed by atoms with Crippen molar-refractivity contribution in [1.82, 2.24) is 0 Å². The van der Waals surface area contributed by atoms with Crippen molar-refractivity contribution >= 4 is 17.9 Å². The molecule has 0 rings (SSSR count). The molecule has 0 amide bonds. The van der Waals surface area contributed by atoms with Gasteiger partial charge in [-0.1, -0.05) is 246 Å². The molecule has 0 bridgehead atoms. The van der Waals surface area contributed by atoms with Crippen LogP contribution in [0.5, 0.6) is 0 Å². The van der Waals surface area contributed by atoms with E-state index in [0.29, 0.717) is 19.3 Å². The standard InChI is InChI=1S/C59H98O6/c1-4-7-10-13-16-19-22-25-26-27-28-29-30-31-32-35-37-40-43-46-49-52-58(61)64-55-56(65-59(62)53-50-47-44-41-38-34-24-21-18-15-12-9-6-3)54-63-57(60)51-48-45-42-39-36-33-23-20-17-14-11-8-5-2/h8-9,11-12,17-18,20-21,33-34,36,38,42,44-45,47,56H,4-7,10,13-16,19,22-32,35,37,39-41,43,46,48-55H2,1-3H3/b11-8-,12-9-,20-17-,21-18-,36-33-,38-34-,45-42-,47-44-. The number of ether oxygens (including phenoxy) is 3. The summed E-state index contributed by atoms with van der Waals surface area (Å²) in [5, 5.41) is 0. The van der Waals surface area contributed by atoms with Crippen molar-refractivity contribution in [3.05, 3.63) is 97.2 Å². The molecule has 370 valence electrons. The molecule has 1 atom stereocenters. The van der Waals surface area contributed by atoms with Gasteiger partial charge in [-0.2, -0.15) is 0 Å². The lowest BCUT2D eigenvalue weighted by Crippen LogP contribution is -2.30. The van der Waals surface area contributed by atoms with E-state index >= 15 is 0 Å². The molecule has 0 aromatic rings. The van der Waals surface area contributed by atoms with E-state index in [1.807, 2.05) is 24.3 Å². The second-order valence-corrected chi connectivity index (χ2v) is 17.4. The summed E-state index contributed by atoms with van der Waals surface area (Å²) in [7, 11) is 0. The van der Waals surface area contributed by atoms with Crippen LogP contribution in [0.1, 0.15) is 239 Å². The van der Waals surface area contributed by atoms with E-state index in [4.69, 9.17) is 14.2 Å². The highest BCUT2D eigenvalue weighted by atomic mass is 16.6. The van der Waals surface area contributed by atoms with Gasteiger partial charge < -0.3 is 14.2 Å². The number of esters is 3. The number of hydrogen-bond donors (Lipinski definition) is 0. The van der Waals surface area contributed by atoms with Crippen LogP contribution in [0.3, 0.4) is 0 Å². The average molecular weight is 903 g/mol. The van der Waals surface area contributed by atoms with Gasteiger partial charge in [-0.15, -0.1) is 0 Å². The van der Waals surface area contributed by atoms with Gasteiger partial charge in [0.05, 0.1) is 0 Å². The molecule has 0 saturated carbocycles. The second kappa shape index (κ2) is 52.9. The Balaban J connectivity index is 4.42. The predicted molar refractivity (Wildman–Crippen MR) is 279 cm³/mol. The molecule has 0 aliphatic carbocycles. The average Bonchev–Trinajstić information content (AvgIpc) is 3.30. The number of carbonyl (C=O) groups is 3. The third kappa shape index (κ3) is 51.2. The zero-order valence-electron chi connectivity index (χ0n) is 42.2. The number of rotatable bonds is 47. The first-order valence-electron chi connectivity index (χ1n) is 26.7. The minimum Gasteiger partial charge on any atom is -0.462 e. The molecule has 0 aliphatic heterocycles. The van der Waals surface area contributed by atoms with Crippen molar-refractivity contribution in [3.63, 3.8) is 0 Å². The highest BCUT2D eigenvalue weighted by Gasteiger charge is 2.19. The first-order valence-corrected chi connectivity index (χ1v) is 26.7. The van der Waals surface area contributed by atoms with E-state index < -0.39 is 12.1 Å². The van der Waals surface area contributed by atoms with E-state index in [2.05, 4.69) is 93.7 Å². The minimum atomic E-state index is -0.843. The summed E-state index contributed by atoms with van der Waals surface area (Å²) in [6, 6.07) is 0. The lowest BCUT2D eigenvalue weighted by Gasteiger charge is -2.18. The molecular weight excluding hydrogens is 805 g/mol. The summed E-state index contributed by atoms with van der Waals surface area (Å²) in [4.78, 5) is 37.9. The van der Waals surface area contributed by atoms with Gasteiger partial charge in [0.2, 0.25) is 0 Å². The van der Waals surface area contributed by atoms with E-state index in [-0.39, 0.29) is 38.0 Å². The van der Waals surface area contributed by atoms with Gasteiger partial charge in [-0.3, -0.25) is 14.4 Å². The third-order valence-electron chi connectivity index (χ3n) is 11.1. The van der Waals surface area contributed by atoms with Crippen LogP contribution >= 0.6 is 0 Å². The molecule has 0 aliphatic rings. The van der Waals surface area contributed by atoms with Gasteiger partial charge in [-0.25, -0.2) is 0 Å². The topological polar surface area (TPSA) is 78.9 Å². The van der Waals surface area contributed by atoms with Gasteiger partial charge in [0, 0.05) is 19.3 Å². The zero-order valence-corrected chi connectivity index (χ0v) is 42.2. The Labute approximate surface area is 400 Å². The van der Waals surface area contributed by atoms with Crippen LogP contribution in [0.2, 0.25) is 0 Å². The van der Waals surface area contributed by atoms with E-state index in [1.165, 1.54) is 116 Å². The Morgan fingerprint density at radius 1 is 0.323 bits per heavy atom. The van der Waals surface area contributed by atoms with E-state index in [9.17, 15) is 14.4 Å². The maximum atomic E-state index is 12.7. The fraction of sp³-hybridized carbons (Fsp3) is 0.678. The first kappa shape index (κ1) is 61.3. The van der Waals surface area contributed by atoms with Crippen LogP contribution in [-0.2, 0) is 28.6 Å². The molecule has 0 radical (unpaired) electrons. The summed E-state index contributed by atoms with van der Waals surface area (Å²) in [5.74, 6) is -1.10. The summed E-state index contributed by atoms with van der Waals surface area (Å²) in [5.41, 5.74) is 0. The molecule has 1 unspecified atom stereocenters. The molecule has 0 fully saturated rings. The number of allylic oxidation sites excluding steroid dienone is 16. The monoisotopic (exact) mass is 903 g/mol. The van der Waals surface area contributed by atoms with E-state index in [1.54, 1.807) is 0 Å². The second-order valence-electron chi connectivity index (χ2n) is 17.4. The molecular formula is C59H98O6. The van der Waals surface area contributed by atoms with Crippen LogP contribution in [-0.4, -0.2) is 37.2 Å². The van der Waals surface area contributed by atoms with Crippen LogP contribution < -0.4 is 0 Å². The Hall–Kier alpha value is -3.67. The smallest absolute Gasteiger partial charge is 0.306 e. The lowest BCUT2D eigenvalue weighted by molar-refractivity contribution is -0.166. The highest BCUT2D eigenvalue weighted by molar-refractivity contribution is 5.71. The summed E-state index contributed by atoms with van der Waals surface area (Å²) < 4.78 is 16.6. The first-order chi connectivity index (χ1) is 32.0. The molecule has 0 N–H and O–H groups in total. The highest BCUT2D eigenvalue weighted by Crippen LogP contribution is 2.16. The molecule has 6 heteroatoms. The summed E-state index contributed by atoms with van der Waals surface area (Å²) in [6.45, 7) is 6.28. The summed E-state index contributed by atoms with van der Waals surface area (Å²) in [6.07, 6.45) is 70.1. The van der Waals surface area contributed by atoms with Gasteiger partial charge in [0.25, 0.3) is 0 Å². The third-order valence-corrected chi connectivity index (χ3v) is 11.1. The molecule has 65 heavy (non-hydrogen) atoms. The van der Waals surface area contributed by atoms with E-state index in [0.717, 1.165) is 70.6 Å². The lowest BCUT2D eigenvalue weighted by atomic mass is 10.0. The molecule has 0 saturated heterocycles. The fourth-order valence-electron chi connectivity index (χ4n) is 7.18. The Kier molecular flexibility index (Phi) is 50.0. The SMILES string of the molecule is CC/C=C\C/C=C\C/C=C\C/C=C\CCC(=O)OCC(COC(=O)CCCCCCCCCCCCCCCCCCCCCCC)OC(=O)CC/C=C\C/C=C\C/C=C\C/C=C\CC. The molecule has 0 spiro atoms. The number of hydrogen-bond acceptors (Lipinski definition) is 6. The number of unbranched alkanes of at least 4 members (excludes halogenated alkanes) is 20. The maximum absolute atomic E-state index is 12.7. The fourth-order valence-corrected chi connectivity index (χ4v) is 7.18. The Morgan fingerprint density at radius 2 is 0.600 bits per heavy atom. The van der Waals surface area contributed by atoms with Crippen LogP contribution in [0, 0.1) is 0 Å². The molecule has 0 aromatic carbocycles. The summed E-state index contributed by atoms with van der Waals surface area (Å²) >= 11 is 0. The van der Waals surface area contributed by atoms with Crippen molar-refractivity contribution < 1.29 is 28.6 Å². The predicted octanol–water partition coefficient (Wildman–Crippen LogP) is 17.8. The van der Waals surface area contributed by atoms with Crippen molar-refractivity contribution in [2.45, 2.75) is 245 Å². The maximum Gasteiger partial charge on any atom is 0.306 e. The van der Waals surface area contributed by atoms with Crippen molar-refractivity contribution in [2.75, 3.05) is 13.2 Å². The van der Waals surface area contributed by atoms with Gasteiger partial charge in [-0.05, 0) is 70.6 Å². The molecule has 0 heterocycles. The molecule has 0 aromatic heterocycles. The number of carbonyl (C=O) groups excluding carboxylic acids is 3. The minimum absolute atomic E-state index is 0.127. The Bertz CT molecular complexity index is 1310. The van der Waals surface area contributed by atoms with Gasteiger partial charge >= 0.3 is 17.9 Å². The quantitative estimate of drug-likeness (QED) is 0.0262. The zero-order chi connectivity index (χ0) is 47.2. The van der Waals surface area contributed by atoms with Crippen LogP contribution in [0.25, 0.3) is 0 Å². The van der Waals surface area contributed by atoms with Crippen molar-refractivity contribution in [1.29, 1.82) is 0 Å². The van der Waals surface area contributed by atoms with Crippen molar-refractivity contribution in [3.8, 4) is 0 Å². The van der Waals surface area contributed by atoms with Gasteiger partial charge in [0.15, 0.2) is 6.10 Å². The Morgan fingerprint density at radius 3 is 0.938 bits per heavy atom. The van der Waals surface area contributed by atoms with Crippen molar-refractivity contribution in [2.24, 2.45) is 0 Å². The largest absolute Gasteiger partial charge is 0.462 e. The molecule has 6 nitrogen and oxygen atoms in total. The van der Waals surface area contributed by atoms with Gasteiger partial charge in [0.1, 0.15) is 13.2 Å². The van der Waals surface area contributed by atoms with Crippen LogP contribution in [0.15, 0.2) is 97.2 Å². The van der Waals surface area contributed by atoms with Crippen LogP contribution in [0.4, 0.5) is 0 Å².